The van der Waals surface area contributed by atoms with Crippen molar-refractivity contribution in [1.82, 2.24) is 9.88 Å². The number of ether oxygens (including phenoxy) is 1. The van der Waals surface area contributed by atoms with E-state index < -0.39 is 0 Å². The van der Waals surface area contributed by atoms with Crippen LogP contribution in [-0.2, 0) is 11.3 Å². The van der Waals surface area contributed by atoms with Gasteiger partial charge in [0.05, 0.1) is 18.8 Å². The Morgan fingerprint density at radius 3 is 2.91 bits per heavy atom. The molecule has 1 amide bonds. The minimum Gasteiger partial charge on any atom is -0.374 e. The molecule has 2 N–H and O–H groups in total. The van der Waals surface area contributed by atoms with Gasteiger partial charge in [0.2, 0.25) is 0 Å². The molecule has 2 aromatic rings. The SMILES string of the molecule is C[C@H]1CN(C(=O)c2csc(CN)n2)[C@@H](c2ccccc2)CO1. The quantitative estimate of drug-likeness (QED) is 0.942. The second kappa shape index (κ2) is 6.56. The molecule has 116 valence electrons. The fourth-order valence-electron chi connectivity index (χ4n) is 2.63. The van der Waals surface area contributed by atoms with Gasteiger partial charge < -0.3 is 15.4 Å². The van der Waals surface area contributed by atoms with Gasteiger partial charge in [-0.1, -0.05) is 30.3 Å². The van der Waals surface area contributed by atoms with Crippen LogP contribution in [0.4, 0.5) is 0 Å². The van der Waals surface area contributed by atoms with E-state index in [-0.39, 0.29) is 18.1 Å². The van der Waals surface area contributed by atoms with E-state index in [0.29, 0.717) is 25.4 Å². The Labute approximate surface area is 133 Å². The lowest BCUT2D eigenvalue weighted by molar-refractivity contribution is -0.0449. The first-order chi connectivity index (χ1) is 10.7. The molecule has 0 saturated carbocycles. The Morgan fingerprint density at radius 2 is 2.23 bits per heavy atom. The van der Waals surface area contributed by atoms with Gasteiger partial charge in [0.15, 0.2) is 0 Å². The Kier molecular flexibility index (Phi) is 4.52. The maximum atomic E-state index is 12.8. The summed E-state index contributed by atoms with van der Waals surface area (Å²) >= 11 is 1.42. The Bertz CT molecular complexity index is 644. The third-order valence-electron chi connectivity index (χ3n) is 3.76. The maximum Gasteiger partial charge on any atom is 0.274 e. The van der Waals surface area contributed by atoms with Gasteiger partial charge in [-0.05, 0) is 12.5 Å². The minimum atomic E-state index is -0.0760. The van der Waals surface area contributed by atoms with Crippen LogP contribution in [0.2, 0.25) is 0 Å². The first kappa shape index (κ1) is 15.1. The second-order valence-electron chi connectivity index (χ2n) is 5.36. The van der Waals surface area contributed by atoms with E-state index in [1.807, 2.05) is 42.2 Å². The number of aromatic nitrogens is 1. The highest BCUT2D eigenvalue weighted by Gasteiger charge is 2.33. The summed E-state index contributed by atoms with van der Waals surface area (Å²) in [6.07, 6.45) is 0.0246. The topological polar surface area (TPSA) is 68.5 Å². The molecule has 5 nitrogen and oxygen atoms in total. The number of morpholine rings is 1. The molecule has 0 spiro atoms. The van der Waals surface area contributed by atoms with Crippen LogP contribution < -0.4 is 5.73 Å². The number of rotatable bonds is 3. The van der Waals surface area contributed by atoms with Gasteiger partial charge in [-0.15, -0.1) is 11.3 Å². The molecule has 1 saturated heterocycles. The van der Waals surface area contributed by atoms with Crippen molar-refractivity contribution in [2.45, 2.75) is 25.6 Å². The standard InChI is InChI=1S/C16H19N3O2S/c1-11-8-19(16(20)13-10-22-15(7-17)18-13)14(9-21-11)12-5-3-2-4-6-12/h2-6,10-11,14H,7-9,17H2,1H3/t11-,14+/m0/s1. The lowest BCUT2D eigenvalue weighted by atomic mass is 10.0. The first-order valence-corrected chi connectivity index (χ1v) is 8.19. The summed E-state index contributed by atoms with van der Waals surface area (Å²) in [5.41, 5.74) is 7.14. The van der Waals surface area contributed by atoms with Crippen molar-refractivity contribution in [2.75, 3.05) is 13.2 Å². The number of hydrogen-bond donors (Lipinski definition) is 1. The average Bonchev–Trinajstić information content (AvgIpc) is 3.04. The smallest absolute Gasteiger partial charge is 0.274 e. The maximum absolute atomic E-state index is 12.8. The molecule has 6 heteroatoms. The van der Waals surface area contributed by atoms with Gasteiger partial charge in [-0.2, -0.15) is 0 Å². The third kappa shape index (κ3) is 3.04. The first-order valence-electron chi connectivity index (χ1n) is 7.31. The Morgan fingerprint density at radius 1 is 1.45 bits per heavy atom. The van der Waals surface area contributed by atoms with E-state index in [0.717, 1.165) is 10.6 Å². The molecule has 1 aliphatic heterocycles. The van der Waals surface area contributed by atoms with Crippen molar-refractivity contribution >= 4 is 17.2 Å². The van der Waals surface area contributed by atoms with Crippen LogP contribution in [0.5, 0.6) is 0 Å². The van der Waals surface area contributed by atoms with E-state index in [1.54, 1.807) is 5.38 Å². The molecule has 1 aromatic carbocycles. The van der Waals surface area contributed by atoms with Gasteiger partial charge in [0, 0.05) is 18.5 Å². The summed E-state index contributed by atoms with van der Waals surface area (Å²) in [7, 11) is 0. The van der Waals surface area contributed by atoms with Gasteiger partial charge >= 0.3 is 0 Å². The van der Waals surface area contributed by atoms with E-state index in [2.05, 4.69) is 4.98 Å². The average molecular weight is 317 g/mol. The molecular weight excluding hydrogens is 298 g/mol. The highest BCUT2D eigenvalue weighted by atomic mass is 32.1. The number of nitrogens with zero attached hydrogens (tertiary/aromatic N) is 2. The number of hydrogen-bond acceptors (Lipinski definition) is 5. The van der Waals surface area contributed by atoms with E-state index in [4.69, 9.17) is 10.5 Å². The van der Waals surface area contributed by atoms with Crippen molar-refractivity contribution in [3.63, 3.8) is 0 Å². The molecule has 0 unspecified atom stereocenters. The lowest BCUT2D eigenvalue weighted by Gasteiger charge is -2.38. The molecule has 0 bridgehead atoms. The molecule has 2 heterocycles. The highest BCUT2D eigenvalue weighted by molar-refractivity contribution is 7.09. The van der Waals surface area contributed by atoms with Crippen LogP contribution >= 0.6 is 11.3 Å². The molecule has 1 fully saturated rings. The fraction of sp³-hybridized carbons (Fsp3) is 0.375. The monoisotopic (exact) mass is 317 g/mol. The van der Waals surface area contributed by atoms with Crippen molar-refractivity contribution in [2.24, 2.45) is 5.73 Å². The molecule has 22 heavy (non-hydrogen) atoms. The number of amides is 1. The summed E-state index contributed by atoms with van der Waals surface area (Å²) in [4.78, 5) is 19.0. The van der Waals surface area contributed by atoms with Crippen LogP contribution in [0.3, 0.4) is 0 Å². The van der Waals surface area contributed by atoms with Gasteiger partial charge in [-0.25, -0.2) is 4.98 Å². The summed E-state index contributed by atoms with van der Waals surface area (Å²) in [6.45, 7) is 3.41. The largest absolute Gasteiger partial charge is 0.374 e. The summed E-state index contributed by atoms with van der Waals surface area (Å²) < 4.78 is 5.76. The fourth-order valence-corrected chi connectivity index (χ4v) is 3.28. The summed E-state index contributed by atoms with van der Waals surface area (Å²) in [5, 5.41) is 2.56. The highest BCUT2D eigenvalue weighted by Crippen LogP contribution is 2.28. The van der Waals surface area contributed by atoms with Crippen LogP contribution in [0.15, 0.2) is 35.7 Å². The lowest BCUT2D eigenvalue weighted by Crippen LogP contribution is -2.46. The van der Waals surface area contributed by atoms with Crippen LogP contribution in [0.1, 0.15) is 34.0 Å². The van der Waals surface area contributed by atoms with Crippen LogP contribution in [0, 0.1) is 0 Å². The van der Waals surface area contributed by atoms with Crippen LogP contribution in [0.25, 0.3) is 0 Å². The van der Waals surface area contributed by atoms with Crippen LogP contribution in [-0.4, -0.2) is 35.0 Å². The normalized spacial score (nSPS) is 21.8. The third-order valence-corrected chi connectivity index (χ3v) is 4.63. The molecule has 1 aromatic heterocycles. The molecule has 0 aliphatic carbocycles. The zero-order valence-electron chi connectivity index (χ0n) is 12.4. The number of carbonyl (C=O) groups excluding carboxylic acids is 1. The van der Waals surface area contributed by atoms with Gasteiger partial charge in [-0.3, -0.25) is 4.79 Å². The van der Waals surface area contributed by atoms with Crippen molar-refractivity contribution in [1.29, 1.82) is 0 Å². The van der Waals surface area contributed by atoms with E-state index in [9.17, 15) is 4.79 Å². The van der Waals surface area contributed by atoms with Gasteiger partial charge in [0.1, 0.15) is 10.7 Å². The zero-order valence-corrected chi connectivity index (χ0v) is 13.3. The Hall–Kier alpha value is -1.76. The minimum absolute atomic E-state index is 0.0246. The summed E-state index contributed by atoms with van der Waals surface area (Å²) in [6, 6.07) is 9.90. The molecule has 2 atom stereocenters. The van der Waals surface area contributed by atoms with E-state index in [1.165, 1.54) is 11.3 Å². The number of nitrogens with two attached hydrogens (primary N) is 1. The Balaban J connectivity index is 1.88. The predicted molar refractivity (Wildman–Crippen MR) is 85.6 cm³/mol. The molecule has 3 rings (SSSR count). The second-order valence-corrected chi connectivity index (χ2v) is 6.30. The molecule has 0 radical (unpaired) electrons. The van der Waals surface area contributed by atoms with Gasteiger partial charge in [0.25, 0.3) is 5.91 Å². The predicted octanol–water partition coefficient (Wildman–Crippen LogP) is 2.20. The van der Waals surface area contributed by atoms with Crippen molar-refractivity contribution in [3.05, 3.63) is 52.0 Å². The number of benzene rings is 1. The van der Waals surface area contributed by atoms with Crippen molar-refractivity contribution in [3.8, 4) is 0 Å². The van der Waals surface area contributed by atoms with E-state index >= 15 is 0 Å². The zero-order chi connectivity index (χ0) is 15.5. The number of thiazole rings is 1. The van der Waals surface area contributed by atoms with Crippen molar-refractivity contribution < 1.29 is 9.53 Å². The summed E-state index contributed by atoms with van der Waals surface area (Å²) in [5.74, 6) is -0.0556. The number of carbonyl (C=O) groups is 1. The molecule has 1 aliphatic rings. The molecular formula is C16H19N3O2S.